The van der Waals surface area contributed by atoms with E-state index in [1.807, 2.05) is 0 Å². The fourth-order valence-corrected chi connectivity index (χ4v) is 4.17. The zero-order valence-electron chi connectivity index (χ0n) is 25.2. The second-order valence-electron chi connectivity index (χ2n) is 10.1. The predicted octanol–water partition coefficient (Wildman–Crippen LogP) is 7.10. The molecular formula is C32H55NO7. The smallest absolute Gasteiger partial charge is 0.305 e. The highest BCUT2D eigenvalue weighted by molar-refractivity contribution is 5.88. The molecule has 1 rings (SSSR count). The van der Waals surface area contributed by atoms with E-state index in [4.69, 9.17) is 23.7 Å². The van der Waals surface area contributed by atoms with Gasteiger partial charge in [0.05, 0.1) is 39.6 Å². The van der Waals surface area contributed by atoms with Crippen molar-refractivity contribution in [2.24, 2.45) is 0 Å². The zero-order valence-corrected chi connectivity index (χ0v) is 25.2. The van der Waals surface area contributed by atoms with Gasteiger partial charge in [-0.25, -0.2) is 0 Å². The van der Waals surface area contributed by atoms with E-state index in [2.05, 4.69) is 12.2 Å². The summed E-state index contributed by atoms with van der Waals surface area (Å²) in [4.78, 5) is 22.8. The lowest BCUT2D eigenvalue weighted by Gasteiger charge is -2.09. The first-order chi connectivity index (χ1) is 19.6. The molecule has 0 aliphatic rings. The van der Waals surface area contributed by atoms with Crippen molar-refractivity contribution < 1.29 is 33.3 Å². The molecule has 0 aromatic heterocycles. The van der Waals surface area contributed by atoms with Crippen molar-refractivity contribution >= 4 is 17.6 Å². The lowest BCUT2D eigenvalue weighted by molar-refractivity contribution is -0.145. The number of carbonyl (C=O) groups excluding carboxylic acids is 2. The summed E-state index contributed by atoms with van der Waals surface area (Å²) in [5, 5.41) is 2.71. The highest BCUT2D eigenvalue weighted by Crippen LogP contribution is 2.15. The number of amides is 1. The van der Waals surface area contributed by atoms with Crippen LogP contribution in [0.5, 0.6) is 5.75 Å². The van der Waals surface area contributed by atoms with E-state index >= 15 is 0 Å². The van der Waals surface area contributed by atoms with E-state index < -0.39 is 0 Å². The molecule has 0 saturated carbocycles. The first-order valence-corrected chi connectivity index (χ1v) is 15.5. The predicted molar refractivity (Wildman–Crippen MR) is 160 cm³/mol. The molecule has 0 atom stereocenters. The van der Waals surface area contributed by atoms with Crippen molar-refractivity contribution in [3.05, 3.63) is 24.3 Å². The minimum absolute atomic E-state index is 0.105. The lowest BCUT2D eigenvalue weighted by Crippen LogP contribution is -2.14. The van der Waals surface area contributed by atoms with Crippen LogP contribution in [0.4, 0.5) is 5.69 Å². The Labute approximate surface area is 242 Å². The molecule has 8 heteroatoms. The fraction of sp³-hybridized carbons (Fsp3) is 0.750. The van der Waals surface area contributed by atoms with Crippen LogP contribution >= 0.6 is 0 Å². The van der Waals surface area contributed by atoms with E-state index in [0.29, 0.717) is 52.7 Å². The van der Waals surface area contributed by atoms with Gasteiger partial charge in [0.15, 0.2) is 0 Å². The Hall–Kier alpha value is -2.16. The summed E-state index contributed by atoms with van der Waals surface area (Å²) < 4.78 is 27.2. The van der Waals surface area contributed by atoms with E-state index in [9.17, 15) is 9.59 Å². The average molecular weight is 566 g/mol. The van der Waals surface area contributed by atoms with Gasteiger partial charge < -0.3 is 29.0 Å². The summed E-state index contributed by atoms with van der Waals surface area (Å²) in [6.45, 7) is 7.16. The minimum Gasteiger partial charge on any atom is -0.491 e. The molecule has 0 bridgehead atoms. The molecule has 230 valence electrons. The van der Waals surface area contributed by atoms with Crippen molar-refractivity contribution in [1.82, 2.24) is 0 Å². The molecule has 0 heterocycles. The summed E-state index contributed by atoms with van der Waals surface area (Å²) in [7, 11) is 0. The Morgan fingerprint density at radius 3 is 1.55 bits per heavy atom. The number of ether oxygens (including phenoxy) is 5. The van der Waals surface area contributed by atoms with Crippen molar-refractivity contribution in [2.75, 3.05) is 58.2 Å². The average Bonchev–Trinajstić information content (AvgIpc) is 2.94. The monoisotopic (exact) mass is 565 g/mol. The maximum atomic E-state index is 11.8. The minimum atomic E-state index is -0.133. The summed E-state index contributed by atoms with van der Waals surface area (Å²) in [6.07, 6.45) is 17.3. The molecule has 0 saturated heterocycles. The van der Waals surface area contributed by atoms with Gasteiger partial charge in [0.2, 0.25) is 5.91 Å². The first-order valence-electron chi connectivity index (χ1n) is 15.5. The largest absolute Gasteiger partial charge is 0.491 e. The Morgan fingerprint density at radius 1 is 0.600 bits per heavy atom. The molecule has 0 spiro atoms. The van der Waals surface area contributed by atoms with Gasteiger partial charge in [-0.3, -0.25) is 9.59 Å². The zero-order chi connectivity index (χ0) is 28.9. The van der Waals surface area contributed by atoms with Gasteiger partial charge in [-0.05, 0) is 30.7 Å². The van der Waals surface area contributed by atoms with Crippen LogP contribution in [0, 0.1) is 0 Å². The fourth-order valence-electron chi connectivity index (χ4n) is 4.17. The molecule has 0 unspecified atom stereocenters. The van der Waals surface area contributed by atoms with E-state index in [1.165, 1.54) is 77.6 Å². The summed E-state index contributed by atoms with van der Waals surface area (Å²) >= 11 is 0. The first kappa shape index (κ1) is 35.9. The Bertz CT molecular complexity index is 726. The normalized spacial score (nSPS) is 10.9. The quantitative estimate of drug-likeness (QED) is 0.0856. The van der Waals surface area contributed by atoms with Crippen LogP contribution in [-0.4, -0.2) is 64.7 Å². The molecule has 8 nitrogen and oxygen atoms in total. The van der Waals surface area contributed by atoms with Crippen LogP contribution < -0.4 is 10.1 Å². The Balaban J connectivity index is 1.76. The van der Waals surface area contributed by atoms with Gasteiger partial charge in [0.1, 0.15) is 19.0 Å². The lowest BCUT2D eigenvalue weighted by atomic mass is 10.0. The molecule has 1 aromatic rings. The number of unbranched alkanes of at least 4 members (excludes halogenated alkanes) is 12. The third-order valence-electron chi connectivity index (χ3n) is 6.39. The molecular weight excluding hydrogens is 510 g/mol. The summed E-state index contributed by atoms with van der Waals surface area (Å²) in [5.74, 6) is 0.481. The molecule has 1 N–H and O–H groups in total. The second kappa shape index (κ2) is 27.0. The standard InChI is InChI=1S/C32H55NO7/c1-3-4-5-6-7-8-9-10-11-12-13-14-15-16-32(35)40-28-26-38-24-22-36-21-23-37-25-27-39-31-19-17-30(18-20-31)33-29(2)34/h17-20H,3-16,21-28H2,1-2H3,(H,33,34). The van der Waals surface area contributed by atoms with Crippen LogP contribution in [0.25, 0.3) is 0 Å². The van der Waals surface area contributed by atoms with Gasteiger partial charge in [0, 0.05) is 19.0 Å². The molecule has 1 amide bonds. The highest BCUT2D eigenvalue weighted by Gasteiger charge is 2.03. The summed E-state index contributed by atoms with van der Waals surface area (Å²) in [6, 6.07) is 7.18. The molecule has 0 fully saturated rings. The van der Waals surface area contributed by atoms with Crippen LogP contribution in [0.3, 0.4) is 0 Å². The van der Waals surface area contributed by atoms with E-state index in [-0.39, 0.29) is 18.5 Å². The van der Waals surface area contributed by atoms with Crippen LogP contribution in [-0.2, 0) is 28.5 Å². The van der Waals surface area contributed by atoms with Crippen molar-refractivity contribution in [1.29, 1.82) is 0 Å². The van der Waals surface area contributed by atoms with Gasteiger partial charge in [-0.1, -0.05) is 84.0 Å². The SMILES string of the molecule is CCCCCCCCCCCCCCCC(=O)OCCOCCOCCOCCOc1ccc(NC(C)=O)cc1. The molecule has 1 aromatic carbocycles. The molecule has 0 aliphatic carbocycles. The second-order valence-corrected chi connectivity index (χ2v) is 10.1. The van der Waals surface area contributed by atoms with Gasteiger partial charge in [0.25, 0.3) is 0 Å². The third-order valence-corrected chi connectivity index (χ3v) is 6.39. The number of esters is 1. The number of hydrogen-bond donors (Lipinski definition) is 1. The van der Waals surface area contributed by atoms with E-state index in [1.54, 1.807) is 24.3 Å². The molecule has 0 aliphatic heterocycles. The third kappa shape index (κ3) is 23.7. The van der Waals surface area contributed by atoms with Gasteiger partial charge in [-0.2, -0.15) is 0 Å². The highest BCUT2D eigenvalue weighted by atomic mass is 16.6. The van der Waals surface area contributed by atoms with Gasteiger partial charge >= 0.3 is 5.97 Å². The molecule has 0 radical (unpaired) electrons. The topological polar surface area (TPSA) is 92.3 Å². The van der Waals surface area contributed by atoms with Crippen molar-refractivity contribution in [3.63, 3.8) is 0 Å². The number of hydrogen-bond acceptors (Lipinski definition) is 7. The maximum Gasteiger partial charge on any atom is 0.305 e. The number of benzene rings is 1. The number of anilines is 1. The van der Waals surface area contributed by atoms with Crippen LogP contribution in [0.15, 0.2) is 24.3 Å². The summed E-state index contributed by atoms with van der Waals surface area (Å²) in [5.41, 5.74) is 0.735. The van der Waals surface area contributed by atoms with E-state index in [0.717, 1.165) is 24.3 Å². The Morgan fingerprint density at radius 2 is 1.05 bits per heavy atom. The van der Waals surface area contributed by atoms with Crippen LogP contribution in [0.1, 0.15) is 104 Å². The van der Waals surface area contributed by atoms with Crippen molar-refractivity contribution in [2.45, 2.75) is 104 Å². The molecule has 40 heavy (non-hydrogen) atoms. The van der Waals surface area contributed by atoms with Crippen molar-refractivity contribution in [3.8, 4) is 5.75 Å². The number of nitrogens with one attached hydrogen (secondary N) is 1. The van der Waals surface area contributed by atoms with Crippen LogP contribution in [0.2, 0.25) is 0 Å². The van der Waals surface area contributed by atoms with Gasteiger partial charge in [-0.15, -0.1) is 0 Å². The maximum absolute atomic E-state index is 11.8. The Kier molecular flexibility index (Phi) is 24.2. The number of carbonyl (C=O) groups is 2. The number of rotatable bonds is 28.